The lowest BCUT2D eigenvalue weighted by Crippen LogP contribution is -2.36. The molecule has 0 aliphatic carbocycles. The lowest BCUT2D eigenvalue weighted by Gasteiger charge is -2.27. The molecule has 0 spiro atoms. The van der Waals surface area contributed by atoms with Gasteiger partial charge in [0, 0.05) is 36.2 Å². The summed E-state index contributed by atoms with van der Waals surface area (Å²) in [6.45, 7) is 4.45. The van der Waals surface area contributed by atoms with Gasteiger partial charge in [0.1, 0.15) is 0 Å². The van der Waals surface area contributed by atoms with Crippen molar-refractivity contribution in [2.75, 3.05) is 5.32 Å². The van der Waals surface area contributed by atoms with E-state index in [1.807, 2.05) is 37.4 Å². The molecule has 3 aromatic rings. The predicted molar refractivity (Wildman–Crippen MR) is 108 cm³/mol. The molecular formula is C21H21N3O2S. The molecule has 1 N–H and O–H groups in total. The van der Waals surface area contributed by atoms with Crippen LogP contribution in [0.15, 0.2) is 66.3 Å². The van der Waals surface area contributed by atoms with Gasteiger partial charge < -0.3 is 10.2 Å². The number of thiophene rings is 1. The van der Waals surface area contributed by atoms with E-state index in [4.69, 9.17) is 0 Å². The maximum atomic E-state index is 13.1. The van der Waals surface area contributed by atoms with Crippen molar-refractivity contribution < 1.29 is 9.59 Å². The maximum Gasteiger partial charge on any atom is 0.265 e. The van der Waals surface area contributed by atoms with Gasteiger partial charge in [-0.15, -0.1) is 11.3 Å². The van der Waals surface area contributed by atoms with Crippen molar-refractivity contribution in [2.45, 2.75) is 26.4 Å². The molecule has 2 aromatic heterocycles. The van der Waals surface area contributed by atoms with Crippen molar-refractivity contribution in [3.63, 3.8) is 0 Å². The molecule has 2 heterocycles. The molecule has 0 saturated carbocycles. The number of rotatable bonds is 6. The minimum absolute atomic E-state index is 0.0297. The summed E-state index contributed by atoms with van der Waals surface area (Å²) in [7, 11) is 0. The number of hydrogen-bond acceptors (Lipinski definition) is 4. The van der Waals surface area contributed by atoms with Crippen molar-refractivity contribution in [1.82, 2.24) is 9.88 Å². The van der Waals surface area contributed by atoms with Gasteiger partial charge in [0.05, 0.1) is 4.88 Å². The summed E-state index contributed by atoms with van der Waals surface area (Å²) in [4.78, 5) is 31.8. The van der Waals surface area contributed by atoms with Crippen LogP contribution in [0.1, 0.15) is 39.4 Å². The van der Waals surface area contributed by atoms with Crippen molar-refractivity contribution in [1.29, 1.82) is 0 Å². The number of pyridine rings is 1. The van der Waals surface area contributed by atoms with Crippen LogP contribution < -0.4 is 5.32 Å². The molecule has 27 heavy (non-hydrogen) atoms. The standard InChI is InChI=1S/C21H21N3O2S/c1-15(2)24(14-16-6-4-10-22-13-16)21(26)17-7-3-8-18(12-17)23-20(25)19-9-5-11-27-19/h3-13,15H,14H2,1-2H3,(H,23,25). The first-order valence-electron chi connectivity index (χ1n) is 8.69. The highest BCUT2D eigenvalue weighted by Gasteiger charge is 2.20. The molecule has 2 amide bonds. The van der Waals surface area contributed by atoms with Crippen LogP contribution in [-0.4, -0.2) is 27.7 Å². The number of nitrogens with one attached hydrogen (secondary N) is 1. The van der Waals surface area contributed by atoms with Crippen LogP contribution in [0.2, 0.25) is 0 Å². The number of hydrogen-bond donors (Lipinski definition) is 1. The van der Waals surface area contributed by atoms with Gasteiger partial charge in [0.2, 0.25) is 0 Å². The van der Waals surface area contributed by atoms with E-state index >= 15 is 0 Å². The summed E-state index contributed by atoms with van der Waals surface area (Å²) >= 11 is 1.38. The molecule has 0 fully saturated rings. The highest BCUT2D eigenvalue weighted by Crippen LogP contribution is 2.18. The first-order chi connectivity index (χ1) is 13.0. The van der Waals surface area contributed by atoms with Gasteiger partial charge in [-0.1, -0.05) is 18.2 Å². The topological polar surface area (TPSA) is 62.3 Å². The molecule has 0 bridgehead atoms. The van der Waals surface area contributed by atoms with Crippen molar-refractivity contribution in [3.05, 3.63) is 82.3 Å². The van der Waals surface area contributed by atoms with E-state index in [-0.39, 0.29) is 17.9 Å². The number of amides is 2. The quantitative estimate of drug-likeness (QED) is 0.688. The van der Waals surface area contributed by atoms with E-state index in [2.05, 4.69) is 10.3 Å². The Morgan fingerprint density at radius 1 is 1.15 bits per heavy atom. The summed E-state index contributed by atoms with van der Waals surface area (Å²) in [5, 5.41) is 4.70. The number of aromatic nitrogens is 1. The highest BCUT2D eigenvalue weighted by molar-refractivity contribution is 7.12. The molecule has 138 valence electrons. The zero-order valence-electron chi connectivity index (χ0n) is 15.3. The molecule has 0 aliphatic heterocycles. The Morgan fingerprint density at radius 3 is 2.67 bits per heavy atom. The Labute approximate surface area is 162 Å². The Kier molecular flexibility index (Phi) is 5.98. The van der Waals surface area contributed by atoms with Gasteiger partial charge in [0.25, 0.3) is 11.8 Å². The molecule has 0 saturated heterocycles. The summed E-state index contributed by atoms with van der Waals surface area (Å²) in [6, 6.07) is 14.5. The van der Waals surface area contributed by atoms with E-state index in [0.717, 1.165) is 5.56 Å². The van der Waals surface area contributed by atoms with Crippen molar-refractivity contribution in [2.24, 2.45) is 0 Å². The summed E-state index contributed by atoms with van der Waals surface area (Å²) in [5.41, 5.74) is 2.11. The summed E-state index contributed by atoms with van der Waals surface area (Å²) in [5.74, 6) is -0.258. The number of nitrogens with zero attached hydrogens (tertiary/aromatic N) is 2. The van der Waals surface area contributed by atoms with Gasteiger partial charge in [0.15, 0.2) is 0 Å². The minimum Gasteiger partial charge on any atom is -0.332 e. The number of carbonyl (C=O) groups is 2. The summed E-state index contributed by atoms with van der Waals surface area (Å²) in [6.07, 6.45) is 3.48. The van der Waals surface area contributed by atoms with Crippen LogP contribution in [0.25, 0.3) is 0 Å². The Bertz CT molecular complexity index is 908. The molecule has 0 unspecified atom stereocenters. The second-order valence-electron chi connectivity index (χ2n) is 6.40. The van der Waals surface area contributed by atoms with Crippen molar-refractivity contribution >= 4 is 28.8 Å². The number of carbonyl (C=O) groups excluding carboxylic acids is 2. The molecule has 6 heteroatoms. The predicted octanol–water partition coefficient (Wildman–Crippen LogP) is 4.45. The largest absolute Gasteiger partial charge is 0.332 e. The Hall–Kier alpha value is -2.99. The third-order valence-electron chi connectivity index (χ3n) is 4.07. The highest BCUT2D eigenvalue weighted by atomic mass is 32.1. The summed E-state index contributed by atoms with van der Waals surface area (Å²) < 4.78 is 0. The monoisotopic (exact) mass is 379 g/mol. The van der Waals surface area contributed by atoms with Crippen LogP contribution in [0.3, 0.4) is 0 Å². The lowest BCUT2D eigenvalue weighted by atomic mass is 10.1. The van der Waals surface area contributed by atoms with Crippen LogP contribution in [0, 0.1) is 0 Å². The Morgan fingerprint density at radius 2 is 2.00 bits per heavy atom. The second-order valence-corrected chi connectivity index (χ2v) is 7.35. The molecule has 0 aliphatic rings. The van der Waals surface area contributed by atoms with Gasteiger partial charge >= 0.3 is 0 Å². The van der Waals surface area contributed by atoms with E-state index in [0.29, 0.717) is 22.7 Å². The van der Waals surface area contributed by atoms with Gasteiger partial charge in [-0.25, -0.2) is 0 Å². The first-order valence-corrected chi connectivity index (χ1v) is 9.57. The fourth-order valence-corrected chi connectivity index (χ4v) is 3.29. The van der Waals surface area contributed by atoms with Crippen LogP contribution in [0.5, 0.6) is 0 Å². The first kappa shape index (κ1) is 18.8. The van der Waals surface area contributed by atoms with Crippen molar-refractivity contribution in [3.8, 4) is 0 Å². The smallest absolute Gasteiger partial charge is 0.265 e. The number of anilines is 1. The van der Waals surface area contributed by atoms with E-state index in [9.17, 15) is 9.59 Å². The average molecular weight is 379 g/mol. The maximum absolute atomic E-state index is 13.1. The zero-order chi connectivity index (χ0) is 19.2. The zero-order valence-corrected chi connectivity index (χ0v) is 16.1. The normalized spacial score (nSPS) is 10.6. The van der Waals surface area contributed by atoms with E-state index < -0.39 is 0 Å². The molecule has 0 atom stereocenters. The molecule has 3 rings (SSSR count). The third kappa shape index (κ3) is 4.80. The fraction of sp³-hybridized carbons (Fsp3) is 0.190. The molecule has 1 aromatic carbocycles. The fourth-order valence-electron chi connectivity index (χ4n) is 2.67. The van der Waals surface area contributed by atoms with Crippen LogP contribution in [0.4, 0.5) is 5.69 Å². The second kappa shape index (κ2) is 8.60. The number of benzene rings is 1. The van der Waals surface area contributed by atoms with E-state index in [1.165, 1.54) is 11.3 Å². The van der Waals surface area contributed by atoms with Gasteiger partial charge in [-0.3, -0.25) is 14.6 Å². The van der Waals surface area contributed by atoms with Crippen LogP contribution in [-0.2, 0) is 6.54 Å². The van der Waals surface area contributed by atoms with E-state index in [1.54, 1.807) is 47.6 Å². The third-order valence-corrected chi connectivity index (χ3v) is 4.94. The van der Waals surface area contributed by atoms with Gasteiger partial charge in [-0.2, -0.15) is 0 Å². The minimum atomic E-state index is -0.175. The SMILES string of the molecule is CC(C)N(Cc1cccnc1)C(=O)c1cccc(NC(=O)c2cccs2)c1. The molecular weight excluding hydrogens is 358 g/mol. The molecule has 5 nitrogen and oxygen atoms in total. The van der Waals surface area contributed by atoms with Crippen LogP contribution >= 0.6 is 11.3 Å². The molecule has 0 radical (unpaired) electrons. The average Bonchev–Trinajstić information content (AvgIpc) is 3.21. The lowest BCUT2D eigenvalue weighted by molar-refractivity contribution is 0.0690. The van der Waals surface area contributed by atoms with Gasteiger partial charge in [-0.05, 0) is 55.1 Å². The Balaban J connectivity index is 1.77.